The first-order chi connectivity index (χ1) is 7.76. The Hall–Kier alpha value is -0.0800. The molecule has 0 fully saturated rings. The summed E-state index contributed by atoms with van der Waals surface area (Å²) in [4.78, 5) is 2.61. The van der Waals surface area contributed by atoms with E-state index >= 15 is 0 Å². The third kappa shape index (κ3) is 8.12. The van der Waals surface area contributed by atoms with E-state index in [2.05, 4.69) is 37.9 Å². The summed E-state index contributed by atoms with van der Waals surface area (Å²) in [5.41, 5.74) is 0. The maximum absolute atomic E-state index is 3.47. The number of nitrogens with one attached hydrogen (secondary N) is 1. The van der Waals surface area contributed by atoms with Gasteiger partial charge in [0.25, 0.3) is 0 Å². The number of rotatable bonds is 11. The molecule has 1 atom stereocenters. The van der Waals surface area contributed by atoms with Crippen LogP contribution < -0.4 is 5.32 Å². The predicted molar refractivity (Wildman–Crippen MR) is 74.0 cm³/mol. The lowest BCUT2D eigenvalue weighted by Crippen LogP contribution is -2.34. The molecule has 1 N–H and O–H groups in total. The van der Waals surface area contributed by atoms with E-state index in [1.165, 1.54) is 58.3 Å². The minimum atomic E-state index is 0.750. The predicted octanol–water partition coefficient (Wildman–Crippen LogP) is 3.28. The Balaban J connectivity index is 3.54. The van der Waals surface area contributed by atoms with Gasteiger partial charge in [0, 0.05) is 6.04 Å². The molecular weight excluding hydrogens is 196 g/mol. The maximum atomic E-state index is 3.47. The molecular formula is C14H32N2. The van der Waals surface area contributed by atoms with Crippen molar-refractivity contribution in [1.29, 1.82) is 0 Å². The van der Waals surface area contributed by atoms with Gasteiger partial charge in [-0.2, -0.15) is 0 Å². The molecule has 0 aliphatic heterocycles. The summed E-state index contributed by atoms with van der Waals surface area (Å²) in [5, 5.41) is 3.47. The Morgan fingerprint density at radius 3 is 2.31 bits per heavy atom. The van der Waals surface area contributed by atoms with Crippen LogP contribution in [0.3, 0.4) is 0 Å². The molecule has 0 aromatic rings. The lowest BCUT2D eigenvalue weighted by Gasteiger charge is -2.27. The highest BCUT2D eigenvalue weighted by Crippen LogP contribution is 2.07. The van der Waals surface area contributed by atoms with Crippen molar-refractivity contribution in [1.82, 2.24) is 10.2 Å². The smallest absolute Gasteiger partial charge is 0.00672 e. The first-order valence-corrected chi connectivity index (χ1v) is 7.20. The molecule has 98 valence electrons. The number of hydrogen-bond donors (Lipinski definition) is 1. The van der Waals surface area contributed by atoms with Crippen molar-refractivity contribution in [2.24, 2.45) is 0 Å². The largest absolute Gasteiger partial charge is 0.317 e. The summed E-state index contributed by atoms with van der Waals surface area (Å²) in [6.07, 6.45) is 6.53. The van der Waals surface area contributed by atoms with Crippen molar-refractivity contribution in [2.45, 2.75) is 65.8 Å². The molecule has 0 radical (unpaired) electrons. The van der Waals surface area contributed by atoms with Crippen molar-refractivity contribution in [3.63, 3.8) is 0 Å². The van der Waals surface area contributed by atoms with E-state index in [1.807, 2.05) is 0 Å². The minimum Gasteiger partial charge on any atom is -0.317 e. The quantitative estimate of drug-likeness (QED) is 0.546. The van der Waals surface area contributed by atoms with Gasteiger partial charge in [0.15, 0.2) is 0 Å². The molecule has 0 amide bonds. The zero-order valence-electron chi connectivity index (χ0n) is 11.9. The van der Waals surface area contributed by atoms with Crippen molar-refractivity contribution in [3.05, 3.63) is 0 Å². The van der Waals surface area contributed by atoms with Crippen molar-refractivity contribution in [3.8, 4) is 0 Å². The third-order valence-corrected chi connectivity index (χ3v) is 3.23. The van der Waals surface area contributed by atoms with Crippen LogP contribution in [0.1, 0.15) is 59.8 Å². The first-order valence-electron chi connectivity index (χ1n) is 7.20. The molecule has 16 heavy (non-hydrogen) atoms. The molecule has 0 saturated heterocycles. The molecule has 0 aliphatic rings. The zero-order valence-corrected chi connectivity index (χ0v) is 11.9. The molecule has 0 spiro atoms. The summed E-state index contributed by atoms with van der Waals surface area (Å²) >= 11 is 0. The van der Waals surface area contributed by atoms with Crippen LogP contribution in [0.4, 0.5) is 0 Å². The Morgan fingerprint density at radius 1 is 1.00 bits per heavy atom. The SMILES string of the molecule is CCCCN(CC)C(C)CCCNCCC. The standard InChI is InChI=1S/C14H32N2/c1-5-8-13-16(7-3)14(4)10-9-12-15-11-6-2/h14-15H,5-13H2,1-4H3. The molecule has 0 saturated carbocycles. The van der Waals surface area contributed by atoms with Gasteiger partial charge >= 0.3 is 0 Å². The van der Waals surface area contributed by atoms with Crippen LogP contribution in [0.15, 0.2) is 0 Å². The van der Waals surface area contributed by atoms with Gasteiger partial charge in [-0.25, -0.2) is 0 Å². The number of nitrogens with zero attached hydrogens (tertiary/aromatic N) is 1. The number of unbranched alkanes of at least 4 members (excludes halogenated alkanes) is 1. The second kappa shape index (κ2) is 11.4. The molecule has 1 unspecified atom stereocenters. The maximum Gasteiger partial charge on any atom is 0.00672 e. The van der Waals surface area contributed by atoms with Gasteiger partial charge < -0.3 is 10.2 Å². The second-order valence-electron chi connectivity index (χ2n) is 4.72. The van der Waals surface area contributed by atoms with Crippen LogP contribution in [0.5, 0.6) is 0 Å². The van der Waals surface area contributed by atoms with Gasteiger partial charge in [-0.05, 0) is 58.8 Å². The minimum absolute atomic E-state index is 0.750. The van der Waals surface area contributed by atoms with Crippen LogP contribution >= 0.6 is 0 Å². The third-order valence-electron chi connectivity index (χ3n) is 3.23. The van der Waals surface area contributed by atoms with Crippen molar-refractivity contribution in [2.75, 3.05) is 26.2 Å². The van der Waals surface area contributed by atoms with Gasteiger partial charge in [-0.3, -0.25) is 0 Å². The second-order valence-corrected chi connectivity index (χ2v) is 4.72. The molecule has 2 heteroatoms. The molecule has 0 aromatic carbocycles. The van der Waals surface area contributed by atoms with Gasteiger partial charge in [0.1, 0.15) is 0 Å². The summed E-state index contributed by atoms with van der Waals surface area (Å²) < 4.78 is 0. The fourth-order valence-corrected chi connectivity index (χ4v) is 2.06. The highest BCUT2D eigenvalue weighted by Gasteiger charge is 2.10. The fraction of sp³-hybridized carbons (Fsp3) is 1.00. The summed E-state index contributed by atoms with van der Waals surface area (Å²) in [6, 6.07) is 0.750. The van der Waals surface area contributed by atoms with E-state index in [0.29, 0.717) is 0 Å². The van der Waals surface area contributed by atoms with Gasteiger partial charge in [-0.1, -0.05) is 27.2 Å². The fourth-order valence-electron chi connectivity index (χ4n) is 2.06. The van der Waals surface area contributed by atoms with E-state index in [1.54, 1.807) is 0 Å². The van der Waals surface area contributed by atoms with E-state index in [-0.39, 0.29) is 0 Å². The van der Waals surface area contributed by atoms with E-state index < -0.39 is 0 Å². The van der Waals surface area contributed by atoms with E-state index in [0.717, 1.165) is 6.04 Å². The zero-order chi connectivity index (χ0) is 12.2. The van der Waals surface area contributed by atoms with Crippen molar-refractivity contribution >= 4 is 0 Å². The van der Waals surface area contributed by atoms with Crippen LogP contribution in [-0.4, -0.2) is 37.1 Å². The Kier molecular flexibility index (Phi) is 11.3. The van der Waals surface area contributed by atoms with Gasteiger partial charge in [0.05, 0.1) is 0 Å². The van der Waals surface area contributed by atoms with E-state index in [9.17, 15) is 0 Å². The summed E-state index contributed by atoms with van der Waals surface area (Å²) in [5.74, 6) is 0. The van der Waals surface area contributed by atoms with Gasteiger partial charge in [-0.15, -0.1) is 0 Å². The molecule has 0 heterocycles. The Bertz CT molecular complexity index is 137. The Labute approximate surface area is 103 Å². The highest BCUT2D eigenvalue weighted by atomic mass is 15.1. The van der Waals surface area contributed by atoms with Crippen LogP contribution in [-0.2, 0) is 0 Å². The first kappa shape index (κ1) is 15.9. The lowest BCUT2D eigenvalue weighted by atomic mass is 10.1. The topological polar surface area (TPSA) is 15.3 Å². The average Bonchev–Trinajstić information content (AvgIpc) is 2.30. The summed E-state index contributed by atoms with van der Waals surface area (Å²) in [7, 11) is 0. The van der Waals surface area contributed by atoms with Crippen molar-refractivity contribution < 1.29 is 0 Å². The van der Waals surface area contributed by atoms with Gasteiger partial charge in [0.2, 0.25) is 0 Å². The highest BCUT2D eigenvalue weighted by molar-refractivity contribution is 4.66. The van der Waals surface area contributed by atoms with Crippen LogP contribution in [0.25, 0.3) is 0 Å². The molecule has 0 bridgehead atoms. The summed E-state index contributed by atoms with van der Waals surface area (Å²) in [6.45, 7) is 14.0. The monoisotopic (exact) mass is 228 g/mol. The normalized spacial score (nSPS) is 13.3. The molecule has 0 aliphatic carbocycles. The molecule has 0 rings (SSSR count). The Morgan fingerprint density at radius 2 is 1.75 bits per heavy atom. The lowest BCUT2D eigenvalue weighted by molar-refractivity contribution is 0.204. The van der Waals surface area contributed by atoms with Crippen LogP contribution in [0, 0.1) is 0 Å². The average molecular weight is 228 g/mol. The number of hydrogen-bond acceptors (Lipinski definition) is 2. The van der Waals surface area contributed by atoms with Crippen LogP contribution in [0.2, 0.25) is 0 Å². The molecule has 2 nitrogen and oxygen atoms in total. The molecule has 0 aromatic heterocycles. The van der Waals surface area contributed by atoms with E-state index in [4.69, 9.17) is 0 Å².